The Morgan fingerprint density at radius 3 is 1.69 bits per heavy atom. The summed E-state index contributed by atoms with van der Waals surface area (Å²) in [5.74, 6) is -0.596. The van der Waals surface area contributed by atoms with Gasteiger partial charge in [0.15, 0.2) is 0 Å². The molecule has 1 unspecified atom stereocenters. The minimum Gasteiger partial charge on any atom is -0.465 e. The van der Waals surface area contributed by atoms with Crippen LogP contribution in [0.5, 0.6) is 0 Å². The van der Waals surface area contributed by atoms with Gasteiger partial charge >= 0.3 is 17.9 Å². The normalized spacial score (nSPS) is 20.1. The molecule has 0 radical (unpaired) electrons. The number of ether oxygens (including phenoxy) is 3. The van der Waals surface area contributed by atoms with Gasteiger partial charge in [-0.1, -0.05) is 27.2 Å². The first kappa shape index (κ1) is 31.3. The molecule has 0 amide bonds. The van der Waals surface area contributed by atoms with E-state index in [4.69, 9.17) is 14.2 Å². The molecule has 10 heteroatoms. The van der Waals surface area contributed by atoms with E-state index < -0.39 is 22.8 Å². The molecule has 1 atom stereocenters. The Balaban J connectivity index is 2.21. The second-order valence-corrected chi connectivity index (χ2v) is 10.4. The predicted molar refractivity (Wildman–Crippen MR) is 128 cm³/mol. The minimum absolute atomic E-state index is 0.0186. The molecule has 4 N–H and O–H groups in total. The predicted octanol–water partition coefficient (Wildman–Crippen LogP) is 1.19. The summed E-state index contributed by atoms with van der Waals surface area (Å²) in [6.45, 7) is 5.01. The molecule has 1 fully saturated rings. The minimum atomic E-state index is -0.874. The summed E-state index contributed by atoms with van der Waals surface area (Å²) < 4.78 is 15.8. The Morgan fingerprint density at radius 2 is 1.23 bits per heavy atom. The average Bonchev–Trinajstić information content (AvgIpc) is 2.89. The number of carbonyl (C=O) groups is 3. The molecule has 0 aliphatic heterocycles. The number of aliphatic hydroxyl groups is 3. The zero-order chi connectivity index (χ0) is 26.3. The van der Waals surface area contributed by atoms with Gasteiger partial charge in [-0.15, -0.1) is 0 Å². The molecule has 0 aromatic carbocycles. The van der Waals surface area contributed by atoms with Crippen LogP contribution in [0.2, 0.25) is 0 Å². The third kappa shape index (κ3) is 12.2. The number of rotatable bonds is 17. The Labute approximate surface area is 208 Å². The second kappa shape index (κ2) is 16.1. The molecule has 1 saturated carbocycles. The number of nitrogens with one attached hydrogen (secondary N) is 1. The van der Waals surface area contributed by atoms with Gasteiger partial charge in [0, 0.05) is 18.5 Å². The first-order valence-electron chi connectivity index (χ1n) is 12.6. The molecule has 1 aliphatic carbocycles. The van der Waals surface area contributed by atoms with Crippen LogP contribution in [-0.2, 0) is 28.6 Å². The highest BCUT2D eigenvalue weighted by atomic mass is 16.6. The van der Waals surface area contributed by atoms with E-state index in [1.807, 2.05) is 0 Å². The summed E-state index contributed by atoms with van der Waals surface area (Å²) in [6, 6.07) is 0. The van der Waals surface area contributed by atoms with Crippen molar-refractivity contribution in [2.45, 2.75) is 65.7 Å². The van der Waals surface area contributed by atoms with Crippen molar-refractivity contribution >= 4 is 17.9 Å². The van der Waals surface area contributed by atoms with Crippen molar-refractivity contribution in [2.75, 3.05) is 52.7 Å². The summed E-state index contributed by atoms with van der Waals surface area (Å²) in [4.78, 5) is 36.2. The van der Waals surface area contributed by atoms with Gasteiger partial charge in [-0.3, -0.25) is 14.4 Å². The maximum absolute atomic E-state index is 12.4. The zero-order valence-corrected chi connectivity index (χ0v) is 21.6. The molecule has 1 aliphatic rings. The molecule has 1 rings (SSSR count). The fourth-order valence-corrected chi connectivity index (χ4v) is 3.60. The summed E-state index contributed by atoms with van der Waals surface area (Å²) in [6.07, 6.45) is 5.02. The zero-order valence-electron chi connectivity index (χ0n) is 21.6. The molecule has 0 spiro atoms. The lowest BCUT2D eigenvalue weighted by Crippen LogP contribution is -2.36. The van der Waals surface area contributed by atoms with Gasteiger partial charge in [0.2, 0.25) is 0 Å². The summed E-state index contributed by atoms with van der Waals surface area (Å²) in [5.41, 5.74) is -1.75. The molecule has 0 aromatic heterocycles. The van der Waals surface area contributed by atoms with E-state index in [1.54, 1.807) is 13.8 Å². The number of esters is 3. The lowest BCUT2D eigenvalue weighted by molar-refractivity contribution is -0.159. The number of aliphatic hydroxyl groups excluding tert-OH is 3. The largest absolute Gasteiger partial charge is 0.465 e. The average molecular weight is 504 g/mol. The van der Waals surface area contributed by atoms with Gasteiger partial charge < -0.3 is 34.8 Å². The number of hydrogen-bond donors (Lipinski definition) is 4. The van der Waals surface area contributed by atoms with E-state index in [9.17, 15) is 29.7 Å². The van der Waals surface area contributed by atoms with Gasteiger partial charge in [0.1, 0.15) is 19.8 Å². The fraction of sp³-hybridized carbons (Fsp3) is 0.880. The van der Waals surface area contributed by atoms with Crippen molar-refractivity contribution in [1.82, 2.24) is 5.32 Å². The quantitative estimate of drug-likeness (QED) is 0.129. The molecule has 0 saturated heterocycles. The highest BCUT2D eigenvalue weighted by Gasteiger charge is 2.31. The second-order valence-electron chi connectivity index (χ2n) is 10.4. The van der Waals surface area contributed by atoms with Crippen LogP contribution in [0.1, 0.15) is 65.7 Å². The maximum Gasteiger partial charge on any atom is 0.308 e. The van der Waals surface area contributed by atoms with Crippen molar-refractivity contribution in [1.29, 1.82) is 0 Å². The fourth-order valence-electron chi connectivity index (χ4n) is 3.60. The first-order chi connectivity index (χ1) is 16.6. The van der Waals surface area contributed by atoms with E-state index >= 15 is 0 Å². The van der Waals surface area contributed by atoms with Gasteiger partial charge in [-0.25, -0.2) is 0 Å². The summed E-state index contributed by atoms with van der Waals surface area (Å²) >= 11 is 0. The summed E-state index contributed by atoms with van der Waals surface area (Å²) in [7, 11) is 0. The monoisotopic (exact) mass is 503 g/mol. The molecule has 0 aromatic rings. The van der Waals surface area contributed by atoms with Crippen LogP contribution in [-0.4, -0.2) is 86.0 Å². The van der Waals surface area contributed by atoms with Gasteiger partial charge in [0.05, 0.1) is 44.0 Å². The van der Waals surface area contributed by atoms with E-state index in [0.717, 1.165) is 32.1 Å². The SMILES string of the molecule is CCC1CCC(C(=O)OCC(C)(CO)COC(=O)CCNCCC(=O)OCC(C)(CO)CO)CC1. The number of hydrogen-bond acceptors (Lipinski definition) is 10. The smallest absolute Gasteiger partial charge is 0.308 e. The molecule has 35 heavy (non-hydrogen) atoms. The van der Waals surface area contributed by atoms with Crippen molar-refractivity contribution in [3.8, 4) is 0 Å². The Kier molecular flexibility index (Phi) is 14.4. The molecule has 0 bridgehead atoms. The third-order valence-corrected chi connectivity index (χ3v) is 6.64. The molecule has 10 nitrogen and oxygen atoms in total. The lowest BCUT2D eigenvalue weighted by atomic mass is 9.81. The highest BCUT2D eigenvalue weighted by Crippen LogP contribution is 2.31. The number of carbonyl (C=O) groups excluding carboxylic acids is 3. The van der Waals surface area contributed by atoms with Crippen LogP contribution >= 0.6 is 0 Å². The van der Waals surface area contributed by atoms with Crippen LogP contribution < -0.4 is 5.32 Å². The topological polar surface area (TPSA) is 152 Å². The Bertz CT molecular complexity index is 645. The maximum atomic E-state index is 12.4. The third-order valence-electron chi connectivity index (χ3n) is 6.64. The standard InChI is InChI=1S/C25H45NO9/c1-4-19-5-7-20(8-6-19)23(32)35-18-25(3,15-29)17-34-22(31)10-12-26-11-9-21(30)33-16-24(2,13-27)14-28/h19-20,26-29H,4-18H2,1-3H3. The van der Waals surface area contributed by atoms with Gasteiger partial charge in [-0.2, -0.15) is 0 Å². The Hall–Kier alpha value is -1.75. The van der Waals surface area contributed by atoms with Crippen LogP contribution in [0.4, 0.5) is 0 Å². The molecular weight excluding hydrogens is 458 g/mol. The molecule has 204 valence electrons. The van der Waals surface area contributed by atoms with Crippen LogP contribution in [0.3, 0.4) is 0 Å². The van der Waals surface area contributed by atoms with Gasteiger partial charge in [-0.05, 0) is 31.6 Å². The van der Waals surface area contributed by atoms with E-state index in [2.05, 4.69) is 12.2 Å². The van der Waals surface area contributed by atoms with Crippen LogP contribution in [0, 0.1) is 22.7 Å². The van der Waals surface area contributed by atoms with Crippen molar-refractivity contribution in [2.24, 2.45) is 22.7 Å². The van der Waals surface area contributed by atoms with Crippen molar-refractivity contribution in [3.05, 3.63) is 0 Å². The van der Waals surface area contributed by atoms with E-state index in [1.165, 1.54) is 0 Å². The Morgan fingerprint density at radius 1 is 0.771 bits per heavy atom. The summed E-state index contributed by atoms with van der Waals surface area (Å²) in [5, 5.41) is 31.1. The highest BCUT2D eigenvalue weighted by molar-refractivity contribution is 5.72. The van der Waals surface area contributed by atoms with Crippen molar-refractivity contribution < 1.29 is 43.9 Å². The van der Waals surface area contributed by atoms with Crippen LogP contribution in [0.15, 0.2) is 0 Å². The van der Waals surface area contributed by atoms with Gasteiger partial charge in [0.25, 0.3) is 0 Å². The van der Waals surface area contributed by atoms with E-state index in [0.29, 0.717) is 19.0 Å². The van der Waals surface area contributed by atoms with Crippen LogP contribution in [0.25, 0.3) is 0 Å². The van der Waals surface area contributed by atoms with E-state index in [-0.39, 0.29) is 64.4 Å². The first-order valence-corrected chi connectivity index (χ1v) is 12.6. The van der Waals surface area contributed by atoms with Crippen molar-refractivity contribution in [3.63, 3.8) is 0 Å². The lowest BCUT2D eigenvalue weighted by Gasteiger charge is -2.29. The molecular formula is C25H45NO9. The molecule has 0 heterocycles.